The highest BCUT2D eigenvalue weighted by Gasteiger charge is 2.14. The van der Waals surface area contributed by atoms with Gasteiger partial charge in [0.2, 0.25) is 0 Å². The van der Waals surface area contributed by atoms with Crippen molar-refractivity contribution in [3.05, 3.63) is 89.0 Å². The van der Waals surface area contributed by atoms with Gasteiger partial charge in [0.25, 0.3) is 11.8 Å². The van der Waals surface area contributed by atoms with Crippen LogP contribution in [0.5, 0.6) is 11.5 Å². The van der Waals surface area contributed by atoms with Crippen LogP contribution in [0.3, 0.4) is 0 Å². The largest absolute Gasteiger partial charge is 0.504 e. The Morgan fingerprint density at radius 2 is 1.66 bits per heavy atom. The van der Waals surface area contributed by atoms with Crippen LogP contribution in [0.1, 0.15) is 33.5 Å². The Morgan fingerprint density at radius 3 is 2.37 bits per heavy atom. The lowest BCUT2D eigenvalue weighted by molar-refractivity contribution is -0.147. The second kappa shape index (κ2) is 12.2. The fourth-order valence-electron chi connectivity index (χ4n) is 3.32. The lowest BCUT2D eigenvalue weighted by Crippen LogP contribution is -2.26. The maximum Gasteiger partial charge on any atom is 0.306 e. The van der Waals surface area contributed by atoms with Crippen LogP contribution in [0.4, 0.5) is 5.69 Å². The van der Waals surface area contributed by atoms with Gasteiger partial charge in [0.1, 0.15) is 0 Å². The summed E-state index contributed by atoms with van der Waals surface area (Å²) in [7, 11) is 1.45. The van der Waals surface area contributed by atoms with Crippen LogP contribution >= 0.6 is 0 Å². The second-order valence-corrected chi connectivity index (χ2v) is 7.93. The predicted molar refractivity (Wildman–Crippen MR) is 131 cm³/mol. The van der Waals surface area contributed by atoms with Crippen molar-refractivity contribution in [1.29, 1.82) is 0 Å². The molecule has 0 aromatic heterocycles. The summed E-state index contributed by atoms with van der Waals surface area (Å²) in [5, 5.41) is 15.3. The van der Waals surface area contributed by atoms with Crippen molar-refractivity contribution in [1.82, 2.24) is 5.32 Å². The quantitative estimate of drug-likeness (QED) is 0.384. The zero-order valence-corrected chi connectivity index (χ0v) is 19.7. The number of ether oxygens (including phenoxy) is 2. The summed E-state index contributed by atoms with van der Waals surface area (Å²) >= 11 is 0. The number of phenolic OH excluding ortho intramolecular Hbond substituents is 1. The molecule has 0 bridgehead atoms. The minimum absolute atomic E-state index is 0.0145. The Labute approximate surface area is 203 Å². The molecule has 0 radical (unpaired) electrons. The number of amides is 2. The van der Waals surface area contributed by atoms with Crippen LogP contribution in [0.15, 0.2) is 66.7 Å². The highest BCUT2D eigenvalue weighted by atomic mass is 16.5. The van der Waals surface area contributed by atoms with Crippen LogP contribution in [0.25, 0.3) is 0 Å². The van der Waals surface area contributed by atoms with Crippen LogP contribution in [0, 0.1) is 6.92 Å². The Bertz CT molecular complexity index is 1190. The number of hydrogen-bond acceptors (Lipinski definition) is 6. The van der Waals surface area contributed by atoms with Crippen LogP contribution < -0.4 is 15.4 Å². The standard InChI is InChI=1S/C27H28N2O6/c1-18-7-9-20(10-8-18)16-28-27(33)21-5-3-4-6-22(21)29-25(31)17-35-26(32)14-12-19-11-13-24(34-2)23(30)15-19/h3-11,13,15,30H,12,14,16-17H2,1-2H3,(H,28,33)(H,29,31). The Kier molecular flexibility index (Phi) is 8.83. The monoisotopic (exact) mass is 476 g/mol. The Balaban J connectivity index is 1.48. The second-order valence-electron chi connectivity index (χ2n) is 7.93. The maximum atomic E-state index is 12.7. The first-order chi connectivity index (χ1) is 16.9. The van der Waals surface area contributed by atoms with Crippen LogP contribution in [0.2, 0.25) is 0 Å². The van der Waals surface area contributed by atoms with Crippen LogP contribution in [-0.4, -0.2) is 36.6 Å². The Morgan fingerprint density at radius 1 is 0.943 bits per heavy atom. The first-order valence-electron chi connectivity index (χ1n) is 11.1. The molecule has 35 heavy (non-hydrogen) atoms. The molecule has 0 aliphatic heterocycles. The molecular formula is C27H28N2O6. The minimum Gasteiger partial charge on any atom is -0.504 e. The molecule has 3 rings (SSSR count). The molecule has 0 aliphatic rings. The summed E-state index contributed by atoms with van der Waals surface area (Å²) in [6, 6.07) is 19.3. The average molecular weight is 477 g/mol. The number of rotatable bonds is 10. The molecule has 0 saturated carbocycles. The number of methoxy groups -OCH3 is 1. The molecule has 0 unspecified atom stereocenters. The van der Waals surface area contributed by atoms with E-state index in [1.165, 1.54) is 13.2 Å². The molecule has 2 amide bonds. The topological polar surface area (TPSA) is 114 Å². The van der Waals surface area contributed by atoms with E-state index < -0.39 is 18.5 Å². The van der Waals surface area contributed by atoms with E-state index in [1.807, 2.05) is 31.2 Å². The SMILES string of the molecule is COc1ccc(CCC(=O)OCC(=O)Nc2ccccc2C(=O)NCc2ccc(C)cc2)cc1O. The summed E-state index contributed by atoms with van der Waals surface area (Å²) in [5.41, 5.74) is 3.45. The number of aryl methyl sites for hydroxylation is 2. The molecule has 3 N–H and O–H groups in total. The zero-order valence-electron chi connectivity index (χ0n) is 19.7. The fraction of sp³-hybridized carbons (Fsp3) is 0.222. The summed E-state index contributed by atoms with van der Waals surface area (Å²) < 4.78 is 10.0. The number of aromatic hydroxyl groups is 1. The molecule has 0 fully saturated rings. The third kappa shape index (κ3) is 7.60. The van der Waals surface area contributed by atoms with Crippen molar-refractivity contribution in [2.45, 2.75) is 26.3 Å². The highest BCUT2D eigenvalue weighted by Crippen LogP contribution is 2.26. The van der Waals surface area contributed by atoms with Crippen molar-refractivity contribution in [3.63, 3.8) is 0 Å². The number of carbonyl (C=O) groups is 3. The lowest BCUT2D eigenvalue weighted by Gasteiger charge is -2.12. The number of phenols is 1. The zero-order chi connectivity index (χ0) is 25.2. The van der Waals surface area contributed by atoms with Crippen molar-refractivity contribution < 1.29 is 29.0 Å². The maximum absolute atomic E-state index is 12.7. The molecule has 3 aromatic carbocycles. The van der Waals surface area contributed by atoms with Crippen molar-refractivity contribution in [2.24, 2.45) is 0 Å². The molecular weight excluding hydrogens is 448 g/mol. The van der Waals surface area contributed by atoms with Gasteiger partial charge in [-0.15, -0.1) is 0 Å². The molecule has 0 heterocycles. The summed E-state index contributed by atoms with van der Waals surface area (Å²) in [4.78, 5) is 37.0. The third-order valence-electron chi connectivity index (χ3n) is 5.24. The molecule has 8 nitrogen and oxygen atoms in total. The van der Waals surface area contributed by atoms with E-state index >= 15 is 0 Å². The molecule has 0 saturated heterocycles. The molecule has 182 valence electrons. The van der Waals surface area contributed by atoms with Gasteiger partial charge < -0.3 is 25.2 Å². The van der Waals surface area contributed by atoms with E-state index in [0.29, 0.717) is 30.0 Å². The van der Waals surface area contributed by atoms with Crippen molar-refractivity contribution in [3.8, 4) is 11.5 Å². The van der Waals surface area contributed by atoms with Gasteiger partial charge in [-0.05, 0) is 48.7 Å². The molecule has 8 heteroatoms. The molecule has 0 atom stereocenters. The van der Waals surface area contributed by atoms with Gasteiger partial charge in [0.05, 0.1) is 18.4 Å². The smallest absolute Gasteiger partial charge is 0.306 e. The van der Waals surface area contributed by atoms with Gasteiger partial charge in [0.15, 0.2) is 18.1 Å². The number of nitrogens with one attached hydrogen (secondary N) is 2. The van der Waals surface area contributed by atoms with Gasteiger partial charge in [-0.3, -0.25) is 14.4 Å². The van der Waals surface area contributed by atoms with Gasteiger partial charge in [-0.2, -0.15) is 0 Å². The number of para-hydroxylation sites is 1. The molecule has 0 aliphatic carbocycles. The normalized spacial score (nSPS) is 10.3. The lowest BCUT2D eigenvalue weighted by atomic mass is 10.1. The number of esters is 1. The summed E-state index contributed by atoms with van der Waals surface area (Å²) in [5.74, 6) is -1.11. The number of carbonyl (C=O) groups excluding carboxylic acids is 3. The van der Waals surface area contributed by atoms with Crippen molar-refractivity contribution >= 4 is 23.5 Å². The van der Waals surface area contributed by atoms with Gasteiger partial charge in [0, 0.05) is 13.0 Å². The van der Waals surface area contributed by atoms with Crippen LogP contribution in [-0.2, 0) is 27.3 Å². The van der Waals surface area contributed by atoms with E-state index in [0.717, 1.165) is 16.7 Å². The summed E-state index contributed by atoms with van der Waals surface area (Å²) in [6.07, 6.45) is 0.374. The van der Waals surface area contributed by atoms with E-state index in [9.17, 15) is 19.5 Å². The first kappa shape index (κ1) is 25.3. The fourth-order valence-corrected chi connectivity index (χ4v) is 3.32. The van der Waals surface area contributed by atoms with E-state index in [1.54, 1.807) is 36.4 Å². The van der Waals surface area contributed by atoms with E-state index in [-0.39, 0.29) is 18.1 Å². The Hall–Kier alpha value is -4.33. The average Bonchev–Trinajstić information content (AvgIpc) is 2.86. The number of hydrogen-bond donors (Lipinski definition) is 3. The van der Waals surface area contributed by atoms with Gasteiger partial charge >= 0.3 is 5.97 Å². The number of benzene rings is 3. The van der Waals surface area contributed by atoms with E-state index in [2.05, 4.69) is 10.6 Å². The predicted octanol–water partition coefficient (Wildman–Crippen LogP) is 3.75. The number of anilines is 1. The minimum atomic E-state index is -0.556. The molecule has 0 spiro atoms. The van der Waals surface area contributed by atoms with Gasteiger partial charge in [-0.25, -0.2) is 0 Å². The van der Waals surface area contributed by atoms with E-state index in [4.69, 9.17) is 9.47 Å². The first-order valence-corrected chi connectivity index (χ1v) is 11.1. The highest BCUT2D eigenvalue weighted by molar-refractivity contribution is 6.04. The summed E-state index contributed by atoms with van der Waals surface area (Å²) in [6.45, 7) is 1.86. The molecule has 3 aromatic rings. The van der Waals surface area contributed by atoms with Gasteiger partial charge in [-0.1, -0.05) is 48.0 Å². The third-order valence-corrected chi connectivity index (χ3v) is 5.24. The van der Waals surface area contributed by atoms with Crippen molar-refractivity contribution in [2.75, 3.05) is 19.0 Å².